The average Bonchev–Trinajstić information content (AvgIpc) is 3.31. The van der Waals surface area contributed by atoms with Crippen molar-refractivity contribution in [3.63, 3.8) is 0 Å². The number of rotatable bonds is 5. The summed E-state index contributed by atoms with van der Waals surface area (Å²) in [5.41, 5.74) is 8.65. The van der Waals surface area contributed by atoms with Gasteiger partial charge in [-0.15, -0.1) is 0 Å². The second-order valence-corrected chi connectivity index (χ2v) is 6.98. The van der Waals surface area contributed by atoms with E-state index in [1.54, 1.807) is 12.4 Å². The van der Waals surface area contributed by atoms with Gasteiger partial charge in [0.2, 0.25) is 0 Å². The number of amidine groups is 1. The number of nitrogens with zero attached hydrogens (tertiary/aromatic N) is 3. The first-order valence-electron chi connectivity index (χ1n) is 9.78. The normalized spacial score (nSPS) is 14.5. The van der Waals surface area contributed by atoms with Crippen molar-refractivity contribution in [3.05, 3.63) is 65.0 Å². The molecule has 1 aromatic carbocycles. The zero-order valence-corrected chi connectivity index (χ0v) is 16.5. The van der Waals surface area contributed by atoms with Crippen molar-refractivity contribution in [3.8, 4) is 17.9 Å². The van der Waals surface area contributed by atoms with E-state index in [2.05, 4.69) is 26.8 Å². The van der Waals surface area contributed by atoms with Crippen molar-refractivity contribution in [1.29, 1.82) is 5.26 Å². The zero-order valence-electron chi connectivity index (χ0n) is 16.5. The Morgan fingerprint density at radius 2 is 1.93 bits per heavy atom. The summed E-state index contributed by atoms with van der Waals surface area (Å²) >= 11 is 0. The minimum atomic E-state index is -0.250. The van der Waals surface area contributed by atoms with Gasteiger partial charge < -0.3 is 20.5 Å². The number of nitrogens with two attached hydrogens (primary N) is 1. The Bertz CT molecular complexity index is 1050. The molecule has 0 atom stereocenters. The second kappa shape index (κ2) is 10.1. The Kier molecular flexibility index (Phi) is 7.00. The monoisotopic (exact) mass is 404 g/mol. The molecule has 2 aromatic heterocycles. The third-order valence-electron chi connectivity index (χ3n) is 5.02. The maximum atomic E-state index is 12.4. The number of pyridine rings is 1. The van der Waals surface area contributed by atoms with Crippen LogP contribution in [0.25, 0.3) is 11.3 Å². The van der Waals surface area contributed by atoms with Crippen LogP contribution in [0.1, 0.15) is 37.7 Å². The molecule has 0 saturated heterocycles. The molecule has 0 unspecified atom stereocenters. The number of hydrogen-bond donors (Lipinski definition) is 3. The highest BCUT2D eigenvalue weighted by Gasteiger charge is 2.17. The number of oxazole rings is 1. The maximum Gasteiger partial charge on any atom is 0.261 e. The largest absolute Gasteiger partial charge is 0.444 e. The molecule has 154 valence electrons. The summed E-state index contributed by atoms with van der Waals surface area (Å²) in [4.78, 5) is 23.5. The number of nitrogens with one attached hydrogen (secondary N) is 2. The first-order valence-corrected chi connectivity index (χ1v) is 9.78. The maximum absolute atomic E-state index is 12.4. The van der Waals surface area contributed by atoms with Crippen molar-refractivity contribution in [2.24, 2.45) is 10.7 Å². The predicted octanol–water partition coefficient (Wildman–Crippen LogP) is 3.95. The number of anilines is 1. The van der Waals surface area contributed by atoms with Crippen molar-refractivity contribution in [2.45, 2.75) is 38.1 Å². The van der Waals surface area contributed by atoms with Gasteiger partial charge in [-0.3, -0.25) is 4.79 Å². The topological polar surface area (TPSA) is 133 Å². The van der Waals surface area contributed by atoms with Crippen LogP contribution >= 0.6 is 0 Å². The number of aromatic amines is 1. The summed E-state index contributed by atoms with van der Waals surface area (Å²) in [6.45, 7) is 3.50. The molecule has 0 aliphatic heterocycles. The summed E-state index contributed by atoms with van der Waals surface area (Å²) in [6.07, 6.45) is 10.6. The fourth-order valence-corrected chi connectivity index (χ4v) is 3.57. The van der Waals surface area contributed by atoms with E-state index in [1.807, 2.05) is 30.3 Å². The lowest BCUT2D eigenvalue weighted by molar-refractivity contribution is 0.462. The van der Waals surface area contributed by atoms with Gasteiger partial charge in [0, 0.05) is 24.4 Å². The predicted molar refractivity (Wildman–Crippen MR) is 117 cm³/mol. The van der Waals surface area contributed by atoms with E-state index < -0.39 is 0 Å². The first kappa shape index (κ1) is 20.9. The summed E-state index contributed by atoms with van der Waals surface area (Å²) < 4.78 is 5.29. The van der Waals surface area contributed by atoms with E-state index in [0.717, 1.165) is 24.1 Å². The summed E-state index contributed by atoms with van der Waals surface area (Å²) in [7, 11) is 0. The van der Waals surface area contributed by atoms with Gasteiger partial charge in [0.25, 0.3) is 5.56 Å². The molecule has 1 saturated carbocycles. The second-order valence-electron chi connectivity index (χ2n) is 6.98. The molecule has 0 bridgehead atoms. The molecular weight excluding hydrogens is 380 g/mol. The lowest BCUT2D eigenvalue weighted by Gasteiger charge is -2.24. The van der Waals surface area contributed by atoms with Gasteiger partial charge in [-0.1, -0.05) is 19.3 Å². The molecule has 0 radical (unpaired) electrons. The van der Waals surface area contributed by atoms with Crippen molar-refractivity contribution < 1.29 is 4.42 Å². The number of hydrogen-bond acceptors (Lipinski definition) is 6. The molecule has 8 nitrogen and oxygen atoms in total. The van der Waals surface area contributed by atoms with Gasteiger partial charge in [0.1, 0.15) is 11.4 Å². The van der Waals surface area contributed by atoms with Gasteiger partial charge in [-0.05, 0) is 43.2 Å². The Morgan fingerprint density at radius 1 is 1.20 bits per heavy atom. The van der Waals surface area contributed by atoms with Gasteiger partial charge in [-0.2, -0.15) is 0 Å². The van der Waals surface area contributed by atoms with Crippen LogP contribution in [0.2, 0.25) is 0 Å². The number of nitriles is 1. The van der Waals surface area contributed by atoms with E-state index >= 15 is 0 Å². The SMILES string of the molecule is C#N.NC(=Nc1ccc(-c2cnco2)cc1)c1c(NC2CCCCC2)cc[nH]c1=O. The molecule has 2 heterocycles. The van der Waals surface area contributed by atoms with E-state index in [1.165, 1.54) is 25.7 Å². The fourth-order valence-electron chi connectivity index (χ4n) is 3.57. The highest BCUT2D eigenvalue weighted by atomic mass is 16.3. The Morgan fingerprint density at radius 3 is 2.60 bits per heavy atom. The van der Waals surface area contributed by atoms with E-state index in [9.17, 15) is 4.79 Å². The smallest absolute Gasteiger partial charge is 0.261 e. The van der Waals surface area contributed by atoms with Crippen LogP contribution < -0.4 is 16.6 Å². The van der Waals surface area contributed by atoms with Crippen LogP contribution in [-0.2, 0) is 0 Å². The van der Waals surface area contributed by atoms with Crippen LogP contribution in [0.4, 0.5) is 11.4 Å². The minimum Gasteiger partial charge on any atom is -0.444 e. The molecule has 0 spiro atoms. The number of H-pyrrole nitrogens is 1. The summed E-state index contributed by atoms with van der Waals surface area (Å²) in [5, 5.41) is 9.98. The van der Waals surface area contributed by atoms with Crippen molar-refractivity contribution in [2.75, 3.05) is 5.32 Å². The fraction of sp³-hybridized carbons (Fsp3) is 0.273. The quantitative estimate of drug-likeness (QED) is 0.435. The van der Waals surface area contributed by atoms with Crippen molar-refractivity contribution in [1.82, 2.24) is 9.97 Å². The lowest BCUT2D eigenvalue weighted by atomic mass is 9.95. The summed E-state index contributed by atoms with van der Waals surface area (Å²) in [5.74, 6) is 0.870. The molecule has 3 aromatic rings. The Labute approximate surface area is 174 Å². The van der Waals surface area contributed by atoms with Crippen LogP contribution in [0, 0.1) is 11.8 Å². The molecule has 4 rings (SSSR count). The molecule has 1 aliphatic rings. The van der Waals surface area contributed by atoms with E-state index in [0.29, 0.717) is 23.1 Å². The number of aromatic nitrogens is 2. The van der Waals surface area contributed by atoms with Crippen LogP contribution in [-0.4, -0.2) is 21.8 Å². The van der Waals surface area contributed by atoms with Gasteiger partial charge in [-0.25, -0.2) is 15.2 Å². The molecule has 1 fully saturated rings. The van der Waals surface area contributed by atoms with Gasteiger partial charge >= 0.3 is 0 Å². The molecule has 0 amide bonds. The standard InChI is InChI=1S/C21H23N5O2.CHN/c22-20(26-16-8-6-14(7-9-16)18-12-23-13-28-18)19-17(10-11-24-21(19)27)25-15-4-2-1-3-5-15;1-2/h6-13,15H,1-5H2,(H2,22,26)(H2,24,25,27);1H. The van der Waals surface area contributed by atoms with Crippen LogP contribution in [0.15, 0.2) is 63.3 Å². The molecular formula is C22H24N6O2. The third kappa shape index (κ3) is 4.94. The first-order chi connectivity index (χ1) is 14.7. The number of benzene rings is 1. The van der Waals surface area contributed by atoms with E-state index in [4.69, 9.17) is 15.4 Å². The molecule has 1 aliphatic carbocycles. The molecule has 30 heavy (non-hydrogen) atoms. The van der Waals surface area contributed by atoms with Crippen LogP contribution in [0.3, 0.4) is 0 Å². The highest BCUT2D eigenvalue weighted by Crippen LogP contribution is 2.24. The average molecular weight is 404 g/mol. The Balaban J connectivity index is 0.00000124. The third-order valence-corrected chi connectivity index (χ3v) is 5.02. The summed E-state index contributed by atoms with van der Waals surface area (Å²) in [6, 6.07) is 9.63. The van der Waals surface area contributed by atoms with E-state index in [-0.39, 0.29) is 11.4 Å². The minimum absolute atomic E-state index is 0.188. The molecule has 8 heteroatoms. The molecule has 4 N–H and O–H groups in total. The van der Waals surface area contributed by atoms with Crippen molar-refractivity contribution >= 4 is 17.2 Å². The Hall–Kier alpha value is -3.86. The highest BCUT2D eigenvalue weighted by molar-refractivity contribution is 6.03. The van der Waals surface area contributed by atoms with Gasteiger partial charge in [0.05, 0.1) is 17.6 Å². The zero-order chi connectivity index (χ0) is 21.3. The van der Waals surface area contributed by atoms with Gasteiger partial charge in [0.15, 0.2) is 12.2 Å². The lowest BCUT2D eigenvalue weighted by Crippen LogP contribution is -2.29. The number of aliphatic imine (C=N–C) groups is 1. The van der Waals surface area contributed by atoms with Crippen LogP contribution in [0.5, 0.6) is 0 Å².